The molecule has 24 heavy (non-hydrogen) atoms. The zero-order valence-electron chi connectivity index (χ0n) is 14.8. The van der Waals surface area contributed by atoms with E-state index in [9.17, 15) is 4.79 Å². The first-order chi connectivity index (χ1) is 11.6. The lowest BCUT2D eigenvalue weighted by molar-refractivity contribution is 0.0741. The molecular weight excluding hydrogens is 302 g/mol. The van der Waals surface area contributed by atoms with E-state index in [2.05, 4.69) is 16.9 Å². The van der Waals surface area contributed by atoms with Gasteiger partial charge in [0.2, 0.25) is 0 Å². The lowest BCUT2D eigenvalue weighted by Gasteiger charge is -2.26. The Labute approximate surface area is 143 Å². The Balaban J connectivity index is 2.15. The number of benzene rings is 1. The average molecular weight is 327 g/mol. The normalized spacial score (nSPS) is 11.8. The van der Waals surface area contributed by atoms with Crippen LogP contribution in [-0.4, -0.2) is 41.0 Å². The second-order valence-corrected chi connectivity index (χ2v) is 5.91. The molecule has 0 aliphatic heterocycles. The summed E-state index contributed by atoms with van der Waals surface area (Å²) in [4.78, 5) is 22.9. The number of nitrogens with zero attached hydrogens (tertiary/aromatic N) is 3. The standard InChI is InChI=1S/C19H25N3O2/c1-5-8-17-16(12-20-13-21-17)19(23)22(3)14(2)11-15-9-6-7-10-18(15)24-4/h6-7,9-10,12-14H,5,8,11H2,1-4H3. The number of carbonyl (C=O) groups is 1. The first-order valence-corrected chi connectivity index (χ1v) is 8.26. The number of methoxy groups -OCH3 is 1. The molecule has 0 fully saturated rings. The number of hydrogen-bond acceptors (Lipinski definition) is 4. The summed E-state index contributed by atoms with van der Waals surface area (Å²) in [6, 6.07) is 7.93. The summed E-state index contributed by atoms with van der Waals surface area (Å²) in [6.07, 6.45) is 5.56. The Hall–Kier alpha value is -2.43. The molecule has 128 valence electrons. The molecule has 1 unspecified atom stereocenters. The molecule has 0 saturated carbocycles. The van der Waals surface area contributed by atoms with Crippen LogP contribution >= 0.6 is 0 Å². The van der Waals surface area contributed by atoms with Gasteiger partial charge in [0.25, 0.3) is 5.91 Å². The van der Waals surface area contributed by atoms with Crippen LogP contribution in [0.3, 0.4) is 0 Å². The van der Waals surface area contributed by atoms with E-state index in [-0.39, 0.29) is 11.9 Å². The maximum absolute atomic E-state index is 12.8. The number of likely N-dealkylation sites (N-methyl/N-ethyl adjacent to an activating group) is 1. The lowest BCUT2D eigenvalue weighted by atomic mass is 10.0. The Morgan fingerprint density at radius 1 is 1.33 bits per heavy atom. The van der Waals surface area contributed by atoms with Gasteiger partial charge in [-0.25, -0.2) is 9.97 Å². The zero-order chi connectivity index (χ0) is 17.5. The van der Waals surface area contributed by atoms with Crippen LogP contribution in [-0.2, 0) is 12.8 Å². The van der Waals surface area contributed by atoms with Gasteiger partial charge < -0.3 is 9.64 Å². The molecule has 0 N–H and O–H groups in total. The molecule has 0 bridgehead atoms. The van der Waals surface area contributed by atoms with Crippen LogP contribution in [0.2, 0.25) is 0 Å². The van der Waals surface area contributed by atoms with E-state index in [1.807, 2.05) is 38.2 Å². The zero-order valence-corrected chi connectivity index (χ0v) is 14.8. The second-order valence-electron chi connectivity index (χ2n) is 5.91. The summed E-state index contributed by atoms with van der Waals surface area (Å²) >= 11 is 0. The summed E-state index contributed by atoms with van der Waals surface area (Å²) in [5, 5.41) is 0. The van der Waals surface area contributed by atoms with Crippen LogP contribution in [0.1, 0.15) is 41.9 Å². The number of aromatic nitrogens is 2. The maximum Gasteiger partial charge on any atom is 0.257 e. The van der Waals surface area contributed by atoms with Crippen molar-refractivity contribution < 1.29 is 9.53 Å². The van der Waals surface area contributed by atoms with E-state index in [0.717, 1.165) is 36.3 Å². The van der Waals surface area contributed by atoms with Gasteiger partial charge in [0.05, 0.1) is 18.4 Å². The number of rotatable bonds is 7. The number of carbonyl (C=O) groups excluding carboxylic acids is 1. The van der Waals surface area contributed by atoms with Gasteiger partial charge in [0.15, 0.2) is 0 Å². The quantitative estimate of drug-likeness (QED) is 0.784. The molecule has 5 nitrogen and oxygen atoms in total. The highest BCUT2D eigenvalue weighted by Crippen LogP contribution is 2.21. The minimum absolute atomic E-state index is 0.0310. The Morgan fingerprint density at radius 2 is 2.08 bits per heavy atom. The Morgan fingerprint density at radius 3 is 2.79 bits per heavy atom. The molecule has 2 aromatic rings. The van der Waals surface area contributed by atoms with Crippen LogP contribution in [0.15, 0.2) is 36.8 Å². The molecule has 0 aliphatic rings. The van der Waals surface area contributed by atoms with Crippen molar-refractivity contribution in [3.8, 4) is 5.75 Å². The summed E-state index contributed by atoms with van der Waals surface area (Å²) < 4.78 is 5.40. The summed E-state index contributed by atoms with van der Waals surface area (Å²) in [7, 11) is 3.49. The summed E-state index contributed by atoms with van der Waals surface area (Å²) in [5.74, 6) is 0.807. The van der Waals surface area contributed by atoms with Crippen molar-refractivity contribution in [2.45, 2.75) is 39.2 Å². The highest BCUT2D eigenvalue weighted by Gasteiger charge is 2.21. The van der Waals surface area contributed by atoms with Crippen LogP contribution in [0.25, 0.3) is 0 Å². The molecule has 1 heterocycles. The first kappa shape index (κ1) is 17.9. The van der Waals surface area contributed by atoms with E-state index < -0.39 is 0 Å². The highest BCUT2D eigenvalue weighted by atomic mass is 16.5. The fourth-order valence-electron chi connectivity index (χ4n) is 2.69. The van der Waals surface area contributed by atoms with Gasteiger partial charge in [-0.05, 0) is 31.4 Å². The largest absolute Gasteiger partial charge is 0.496 e. The van der Waals surface area contributed by atoms with Gasteiger partial charge in [0.1, 0.15) is 12.1 Å². The molecule has 0 aliphatic carbocycles. The third kappa shape index (κ3) is 4.10. The minimum atomic E-state index is -0.0403. The number of hydrogen-bond donors (Lipinski definition) is 0. The van der Waals surface area contributed by atoms with E-state index in [0.29, 0.717) is 5.56 Å². The summed E-state index contributed by atoms with van der Waals surface area (Å²) in [6.45, 7) is 4.11. The molecule has 1 amide bonds. The molecule has 1 atom stereocenters. The fourth-order valence-corrected chi connectivity index (χ4v) is 2.69. The third-order valence-electron chi connectivity index (χ3n) is 4.20. The molecule has 0 saturated heterocycles. The lowest BCUT2D eigenvalue weighted by Crippen LogP contribution is -2.37. The highest BCUT2D eigenvalue weighted by molar-refractivity contribution is 5.95. The van der Waals surface area contributed by atoms with Crippen molar-refractivity contribution in [1.29, 1.82) is 0 Å². The van der Waals surface area contributed by atoms with E-state index in [1.54, 1.807) is 18.2 Å². The van der Waals surface area contributed by atoms with Gasteiger partial charge in [-0.1, -0.05) is 31.5 Å². The van der Waals surface area contributed by atoms with Crippen LogP contribution in [0.4, 0.5) is 0 Å². The Kier molecular flexibility index (Phi) is 6.29. The molecule has 1 aromatic carbocycles. The third-order valence-corrected chi connectivity index (χ3v) is 4.20. The van der Waals surface area contributed by atoms with Crippen molar-refractivity contribution in [2.75, 3.05) is 14.2 Å². The molecule has 0 radical (unpaired) electrons. The van der Waals surface area contributed by atoms with Crippen LogP contribution < -0.4 is 4.74 Å². The smallest absolute Gasteiger partial charge is 0.257 e. The van der Waals surface area contributed by atoms with Crippen molar-refractivity contribution in [3.63, 3.8) is 0 Å². The van der Waals surface area contributed by atoms with Gasteiger partial charge in [-0.15, -0.1) is 0 Å². The monoisotopic (exact) mass is 327 g/mol. The number of aryl methyl sites for hydroxylation is 1. The van der Waals surface area contributed by atoms with E-state index in [1.165, 1.54) is 6.33 Å². The van der Waals surface area contributed by atoms with Gasteiger partial charge in [-0.2, -0.15) is 0 Å². The van der Waals surface area contributed by atoms with Crippen LogP contribution in [0, 0.1) is 0 Å². The van der Waals surface area contributed by atoms with Crippen molar-refractivity contribution in [3.05, 3.63) is 53.6 Å². The summed E-state index contributed by atoms with van der Waals surface area (Å²) in [5.41, 5.74) is 2.49. The van der Waals surface area contributed by atoms with E-state index >= 15 is 0 Å². The number of para-hydroxylation sites is 1. The predicted molar refractivity (Wildman–Crippen MR) is 94.3 cm³/mol. The second kappa shape index (κ2) is 8.43. The van der Waals surface area contributed by atoms with E-state index in [4.69, 9.17) is 4.74 Å². The first-order valence-electron chi connectivity index (χ1n) is 8.26. The number of ether oxygens (including phenoxy) is 1. The predicted octanol–water partition coefficient (Wildman–Crippen LogP) is 3.14. The SMILES string of the molecule is CCCc1ncncc1C(=O)N(C)C(C)Cc1ccccc1OC. The maximum atomic E-state index is 12.8. The van der Waals surface area contributed by atoms with Crippen molar-refractivity contribution in [2.24, 2.45) is 0 Å². The topological polar surface area (TPSA) is 55.3 Å². The number of amides is 1. The minimum Gasteiger partial charge on any atom is -0.496 e. The fraction of sp³-hybridized carbons (Fsp3) is 0.421. The van der Waals surface area contributed by atoms with Crippen molar-refractivity contribution in [1.82, 2.24) is 14.9 Å². The van der Waals surface area contributed by atoms with Crippen LogP contribution in [0.5, 0.6) is 5.75 Å². The molecule has 2 rings (SSSR count). The average Bonchev–Trinajstić information content (AvgIpc) is 2.61. The van der Waals surface area contributed by atoms with Gasteiger partial charge >= 0.3 is 0 Å². The van der Waals surface area contributed by atoms with Crippen molar-refractivity contribution >= 4 is 5.91 Å². The molecule has 5 heteroatoms. The van der Waals surface area contributed by atoms with Gasteiger partial charge in [-0.3, -0.25) is 4.79 Å². The van der Waals surface area contributed by atoms with Gasteiger partial charge in [0, 0.05) is 19.3 Å². The Bertz CT molecular complexity index is 688. The molecule has 0 spiro atoms. The molecule has 1 aromatic heterocycles. The molecular formula is C19H25N3O2.